The SMILES string of the molecule is C[C@@H]1CCCN1CCCOc1ccc(-c2ncc(CNC(=O)c3ccc4c(c3)NC(=O)c3ccccc3S4(=O)=O)s2)cc1. The molecular formula is C32H32N4O5S2. The van der Waals surface area contributed by atoms with Crippen molar-refractivity contribution < 1.29 is 22.7 Å². The van der Waals surface area contributed by atoms with Crippen LogP contribution in [-0.2, 0) is 16.4 Å². The van der Waals surface area contributed by atoms with E-state index < -0.39 is 21.7 Å². The fourth-order valence-electron chi connectivity index (χ4n) is 5.47. The van der Waals surface area contributed by atoms with Crippen molar-refractivity contribution in [2.24, 2.45) is 0 Å². The molecular weight excluding hydrogens is 585 g/mol. The first-order chi connectivity index (χ1) is 20.8. The van der Waals surface area contributed by atoms with Gasteiger partial charge in [-0.2, -0.15) is 0 Å². The lowest BCUT2D eigenvalue weighted by molar-refractivity contribution is 0.0949. The lowest BCUT2D eigenvalue weighted by atomic mass is 10.1. The minimum Gasteiger partial charge on any atom is -0.494 e. The van der Waals surface area contributed by atoms with Crippen LogP contribution in [0, 0.1) is 0 Å². The molecule has 1 atom stereocenters. The molecule has 2 N–H and O–H groups in total. The van der Waals surface area contributed by atoms with Crippen molar-refractivity contribution in [1.29, 1.82) is 0 Å². The van der Waals surface area contributed by atoms with Gasteiger partial charge in [0, 0.05) is 34.8 Å². The Bertz CT molecular complexity index is 1770. The molecule has 2 amide bonds. The molecule has 2 aliphatic rings. The highest BCUT2D eigenvalue weighted by molar-refractivity contribution is 7.91. The molecule has 0 aliphatic carbocycles. The Morgan fingerprint density at radius 1 is 1.12 bits per heavy atom. The predicted octanol–water partition coefficient (Wildman–Crippen LogP) is 5.39. The number of rotatable bonds is 9. The van der Waals surface area contributed by atoms with Crippen molar-refractivity contribution in [1.82, 2.24) is 15.2 Å². The molecule has 0 radical (unpaired) electrons. The van der Waals surface area contributed by atoms with Crippen LogP contribution in [0.2, 0.25) is 0 Å². The number of amides is 2. The molecule has 2 aliphatic heterocycles. The van der Waals surface area contributed by atoms with Gasteiger partial charge in [0.05, 0.1) is 34.2 Å². The molecule has 43 heavy (non-hydrogen) atoms. The van der Waals surface area contributed by atoms with Crippen LogP contribution in [0.4, 0.5) is 5.69 Å². The zero-order chi connectivity index (χ0) is 30.0. The Balaban J connectivity index is 1.05. The monoisotopic (exact) mass is 616 g/mol. The van der Waals surface area contributed by atoms with E-state index in [0.29, 0.717) is 12.6 Å². The Labute approximate surface area is 254 Å². The van der Waals surface area contributed by atoms with Crippen molar-refractivity contribution >= 4 is 38.7 Å². The summed E-state index contributed by atoms with van der Waals surface area (Å²) < 4.78 is 32.3. The van der Waals surface area contributed by atoms with Crippen LogP contribution in [0.25, 0.3) is 10.6 Å². The second-order valence-corrected chi connectivity index (χ2v) is 13.7. The molecule has 6 rings (SSSR count). The molecule has 0 bridgehead atoms. The summed E-state index contributed by atoms with van der Waals surface area (Å²) >= 11 is 1.47. The number of hydrogen-bond acceptors (Lipinski definition) is 8. The quantitative estimate of drug-likeness (QED) is 0.242. The predicted molar refractivity (Wildman–Crippen MR) is 165 cm³/mol. The summed E-state index contributed by atoms with van der Waals surface area (Å²) in [6.45, 7) is 5.48. The van der Waals surface area contributed by atoms with Gasteiger partial charge in [-0.1, -0.05) is 12.1 Å². The lowest BCUT2D eigenvalue weighted by Gasteiger charge is -2.20. The van der Waals surface area contributed by atoms with Gasteiger partial charge in [-0.25, -0.2) is 13.4 Å². The number of likely N-dealkylation sites (tertiary alicyclic amines) is 1. The second kappa shape index (κ2) is 12.3. The number of aromatic nitrogens is 1. The highest BCUT2D eigenvalue weighted by atomic mass is 32.2. The van der Waals surface area contributed by atoms with Gasteiger partial charge < -0.3 is 20.3 Å². The van der Waals surface area contributed by atoms with Crippen LogP contribution in [0.5, 0.6) is 5.75 Å². The fourth-order valence-corrected chi connectivity index (χ4v) is 7.92. The number of sulfone groups is 1. The summed E-state index contributed by atoms with van der Waals surface area (Å²) in [4.78, 5) is 33.4. The molecule has 1 fully saturated rings. The standard InChI is InChI=1S/C32H32N4O5S2/c1-21-6-4-15-36(21)16-5-17-41-24-12-9-22(10-13-24)32-34-20-25(42-32)19-33-30(37)23-11-14-29-27(18-23)35-31(38)26-7-2-3-8-28(26)43(29,39)40/h2-3,7-14,18,20-21H,4-6,15-17,19H2,1H3,(H,33,37)(H,35,38)/t21-/m1/s1. The van der Waals surface area contributed by atoms with Gasteiger partial charge in [0.2, 0.25) is 9.84 Å². The molecule has 3 heterocycles. The van der Waals surface area contributed by atoms with E-state index in [0.717, 1.165) is 34.2 Å². The number of hydrogen-bond donors (Lipinski definition) is 2. The van der Waals surface area contributed by atoms with E-state index in [1.165, 1.54) is 61.1 Å². The van der Waals surface area contributed by atoms with E-state index in [1.807, 2.05) is 24.3 Å². The smallest absolute Gasteiger partial charge is 0.257 e. The summed E-state index contributed by atoms with van der Waals surface area (Å²) in [6.07, 6.45) is 5.30. The van der Waals surface area contributed by atoms with Gasteiger partial charge in [0.1, 0.15) is 10.8 Å². The van der Waals surface area contributed by atoms with E-state index in [2.05, 4.69) is 27.4 Å². The largest absolute Gasteiger partial charge is 0.494 e. The highest BCUT2D eigenvalue weighted by Crippen LogP contribution is 2.34. The van der Waals surface area contributed by atoms with Crippen molar-refractivity contribution in [3.63, 3.8) is 0 Å². The number of carbonyl (C=O) groups is 2. The number of fused-ring (bicyclic) bond motifs is 2. The van der Waals surface area contributed by atoms with Gasteiger partial charge in [0.15, 0.2) is 0 Å². The number of thiazole rings is 1. The molecule has 11 heteroatoms. The van der Waals surface area contributed by atoms with E-state index >= 15 is 0 Å². The second-order valence-electron chi connectivity index (χ2n) is 10.7. The minimum absolute atomic E-state index is 0.0532. The third kappa shape index (κ3) is 6.20. The first kappa shape index (κ1) is 29.0. The molecule has 0 saturated carbocycles. The summed E-state index contributed by atoms with van der Waals surface area (Å²) in [6, 6.07) is 18.8. The molecule has 4 aromatic rings. The topological polar surface area (TPSA) is 118 Å². The van der Waals surface area contributed by atoms with Crippen LogP contribution in [-0.4, -0.2) is 55.9 Å². The van der Waals surface area contributed by atoms with E-state index in [4.69, 9.17) is 4.74 Å². The van der Waals surface area contributed by atoms with Gasteiger partial charge in [-0.3, -0.25) is 9.59 Å². The highest BCUT2D eigenvalue weighted by Gasteiger charge is 2.31. The zero-order valence-electron chi connectivity index (χ0n) is 23.7. The van der Waals surface area contributed by atoms with Gasteiger partial charge in [0.25, 0.3) is 11.8 Å². The van der Waals surface area contributed by atoms with Crippen LogP contribution in [0.1, 0.15) is 51.8 Å². The number of nitrogens with one attached hydrogen (secondary N) is 2. The number of anilines is 1. The average molecular weight is 617 g/mol. The molecule has 9 nitrogen and oxygen atoms in total. The summed E-state index contributed by atoms with van der Waals surface area (Å²) in [5.41, 5.74) is 1.33. The average Bonchev–Trinajstić information content (AvgIpc) is 3.65. The maximum absolute atomic E-state index is 13.2. The van der Waals surface area contributed by atoms with Gasteiger partial charge >= 0.3 is 0 Å². The van der Waals surface area contributed by atoms with Crippen LogP contribution in [0.3, 0.4) is 0 Å². The number of benzene rings is 3. The molecule has 0 unspecified atom stereocenters. The van der Waals surface area contributed by atoms with Crippen molar-refractivity contribution in [2.45, 2.75) is 48.6 Å². The fraction of sp³-hybridized carbons (Fsp3) is 0.281. The van der Waals surface area contributed by atoms with E-state index in [-0.39, 0.29) is 33.2 Å². The van der Waals surface area contributed by atoms with Crippen LogP contribution < -0.4 is 15.4 Å². The van der Waals surface area contributed by atoms with Gasteiger partial charge in [-0.05, 0) is 87.3 Å². The molecule has 1 saturated heterocycles. The van der Waals surface area contributed by atoms with Crippen molar-refractivity contribution in [3.8, 4) is 16.3 Å². The summed E-state index contributed by atoms with van der Waals surface area (Å²) in [5, 5.41) is 6.33. The Morgan fingerprint density at radius 3 is 2.72 bits per heavy atom. The van der Waals surface area contributed by atoms with Gasteiger partial charge in [-0.15, -0.1) is 11.3 Å². The maximum Gasteiger partial charge on any atom is 0.257 e. The number of carbonyl (C=O) groups excluding carboxylic acids is 2. The van der Waals surface area contributed by atoms with E-state index in [9.17, 15) is 18.0 Å². The van der Waals surface area contributed by atoms with Crippen LogP contribution >= 0.6 is 11.3 Å². The Hall–Kier alpha value is -4.06. The molecule has 222 valence electrons. The number of nitrogens with zero attached hydrogens (tertiary/aromatic N) is 2. The Morgan fingerprint density at radius 2 is 1.93 bits per heavy atom. The lowest BCUT2D eigenvalue weighted by Crippen LogP contribution is -2.28. The maximum atomic E-state index is 13.2. The third-order valence-electron chi connectivity index (χ3n) is 7.83. The minimum atomic E-state index is -3.94. The number of ether oxygens (including phenoxy) is 1. The summed E-state index contributed by atoms with van der Waals surface area (Å²) in [5.74, 6) is -0.109. The molecule has 3 aromatic carbocycles. The van der Waals surface area contributed by atoms with Crippen molar-refractivity contribution in [3.05, 3.63) is 88.9 Å². The molecule has 0 spiro atoms. The normalized spacial score (nSPS) is 17.4. The Kier molecular flexibility index (Phi) is 8.29. The van der Waals surface area contributed by atoms with Crippen molar-refractivity contribution in [2.75, 3.05) is 25.0 Å². The molecule has 1 aromatic heterocycles. The first-order valence-electron chi connectivity index (χ1n) is 14.3. The zero-order valence-corrected chi connectivity index (χ0v) is 25.3. The third-order valence-corrected chi connectivity index (χ3v) is 10.7. The van der Waals surface area contributed by atoms with E-state index in [1.54, 1.807) is 18.3 Å². The first-order valence-corrected chi connectivity index (χ1v) is 16.6. The van der Waals surface area contributed by atoms with Crippen LogP contribution in [0.15, 0.2) is 82.7 Å². The summed E-state index contributed by atoms with van der Waals surface area (Å²) in [7, 11) is -3.94.